The van der Waals surface area contributed by atoms with Crippen LogP contribution in [0.4, 0.5) is 5.69 Å². The second-order valence-electron chi connectivity index (χ2n) is 8.68. The number of rotatable bonds is 14. The first kappa shape index (κ1) is 31.7. The number of hydrogen-bond acceptors (Lipinski definition) is 8. The predicted octanol–water partition coefficient (Wildman–Crippen LogP) is 2.16. The van der Waals surface area contributed by atoms with Crippen molar-refractivity contribution in [1.82, 2.24) is 0 Å². The molecule has 3 rings (SSSR count). The molecule has 1 aliphatic heterocycles. The Morgan fingerprint density at radius 3 is 2.46 bits per heavy atom. The number of benzene rings is 2. The molecule has 1 heterocycles. The van der Waals surface area contributed by atoms with E-state index in [-0.39, 0.29) is 5.96 Å². The highest BCUT2D eigenvalue weighted by Gasteiger charge is 2.18. The third-order valence-corrected chi connectivity index (χ3v) is 6.77. The Bertz CT molecular complexity index is 1060. The maximum atomic E-state index is 11.2. The number of hydrogen-bond donors (Lipinski definition) is 5. The first-order valence-electron chi connectivity index (χ1n) is 12.8. The van der Waals surface area contributed by atoms with E-state index in [9.17, 15) is 14.7 Å². The van der Waals surface area contributed by atoms with Crippen LogP contribution in [0.1, 0.15) is 25.3 Å². The highest BCUT2D eigenvalue weighted by atomic mass is 32.2. The molecule has 0 radical (unpaired) electrons. The summed E-state index contributed by atoms with van der Waals surface area (Å²) in [5.74, 6) is -0.0338. The van der Waals surface area contributed by atoms with Gasteiger partial charge in [0.25, 0.3) is 0 Å². The number of aliphatic carboxylic acids is 2. The van der Waals surface area contributed by atoms with Gasteiger partial charge in [-0.1, -0.05) is 24.3 Å². The first-order chi connectivity index (χ1) is 18.7. The van der Waals surface area contributed by atoms with Crippen LogP contribution >= 0.6 is 11.8 Å². The van der Waals surface area contributed by atoms with E-state index in [4.69, 9.17) is 31.8 Å². The number of para-hydroxylation sites is 1. The molecule has 0 aromatic heterocycles. The van der Waals surface area contributed by atoms with E-state index < -0.39 is 24.1 Å². The van der Waals surface area contributed by atoms with E-state index in [0.29, 0.717) is 39.0 Å². The Kier molecular flexibility index (Phi) is 14.0. The zero-order valence-corrected chi connectivity index (χ0v) is 23.0. The van der Waals surface area contributed by atoms with Crippen molar-refractivity contribution in [2.24, 2.45) is 22.2 Å². The van der Waals surface area contributed by atoms with Gasteiger partial charge in [-0.2, -0.15) is 0 Å². The van der Waals surface area contributed by atoms with Gasteiger partial charge in [0, 0.05) is 36.8 Å². The van der Waals surface area contributed by atoms with Gasteiger partial charge >= 0.3 is 11.9 Å². The van der Waals surface area contributed by atoms with Crippen molar-refractivity contribution in [3.05, 3.63) is 54.1 Å². The number of guanidine groups is 1. The molecule has 0 spiro atoms. The lowest BCUT2D eigenvalue weighted by atomic mass is 10.1. The average molecular weight is 562 g/mol. The summed E-state index contributed by atoms with van der Waals surface area (Å²) >= 11 is 1.90. The van der Waals surface area contributed by atoms with Crippen LogP contribution in [0.2, 0.25) is 0 Å². The third kappa shape index (κ3) is 11.8. The van der Waals surface area contributed by atoms with Crippen LogP contribution < -0.4 is 26.8 Å². The molecule has 0 bridgehead atoms. The van der Waals surface area contributed by atoms with Crippen molar-refractivity contribution >= 4 is 35.3 Å². The minimum atomic E-state index is -1.00. The summed E-state index contributed by atoms with van der Waals surface area (Å²) in [6, 6.07) is 15.2. The molecule has 0 amide bonds. The van der Waals surface area contributed by atoms with Gasteiger partial charge in [-0.3, -0.25) is 9.79 Å². The first-order valence-corrected chi connectivity index (χ1v) is 13.8. The number of nitrogens with zero attached hydrogens (tertiary/aromatic N) is 2. The molecule has 2 aromatic carbocycles. The Hall–Kier alpha value is -3.48. The highest BCUT2D eigenvalue weighted by Crippen LogP contribution is 2.34. The number of thioether (sulfide) groups is 1. The smallest absolute Gasteiger partial charge is 0.333 e. The lowest BCUT2D eigenvalue weighted by Gasteiger charge is -2.30. The van der Waals surface area contributed by atoms with E-state index in [1.807, 2.05) is 36.0 Å². The summed E-state index contributed by atoms with van der Waals surface area (Å²) in [7, 11) is 0. The van der Waals surface area contributed by atoms with E-state index in [1.165, 1.54) is 10.6 Å². The number of aliphatic imine (C=N–C) groups is 1. The molecule has 8 N–H and O–H groups in total. The molecule has 2 atom stereocenters. The molecule has 39 heavy (non-hydrogen) atoms. The van der Waals surface area contributed by atoms with Gasteiger partial charge in [-0.25, -0.2) is 4.79 Å². The van der Waals surface area contributed by atoms with E-state index in [2.05, 4.69) is 34.2 Å². The summed E-state index contributed by atoms with van der Waals surface area (Å²) in [5, 5.41) is 17.6. The summed E-state index contributed by atoms with van der Waals surface area (Å²) in [6.07, 6.45) is 0.502. The van der Waals surface area contributed by atoms with Crippen LogP contribution in [0.3, 0.4) is 0 Å². The minimum absolute atomic E-state index is 0.0129. The van der Waals surface area contributed by atoms with Crippen LogP contribution in [0, 0.1) is 0 Å². The summed E-state index contributed by atoms with van der Waals surface area (Å²) in [5.41, 5.74) is 17.5. The number of fused-ring (bicyclic) bond motifs is 1. The van der Waals surface area contributed by atoms with Gasteiger partial charge in [0.2, 0.25) is 0 Å². The van der Waals surface area contributed by atoms with Gasteiger partial charge in [-0.15, -0.1) is 11.8 Å². The average Bonchev–Trinajstić information content (AvgIpc) is 2.92. The summed E-state index contributed by atoms with van der Waals surface area (Å²) < 4.78 is 11.1. The van der Waals surface area contributed by atoms with Gasteiger partial charge in [0.15, 0.2) is 12.1 Å². The second-order valence-corrected chi connectivity index (χ2v) is 9.81. The van der Waals surface area contributed by atoms with Crippen molar-refractivity contribution in [1.29, 1.82) is 0 Å². The molecular weight excluding hydrogens is 522 g/mol. The van der Waals surface area contributed by atoms with Crippen LogP contribution in [-0.4, -0.2) is 78.9 Å². The van der Waals surface area contributed by atoms with Crippen LogP contribution in [0.5, 0.6) is 5.75 Å². The molecule has 0 saturated carbocycles. The molecule has 214 valence electrons. The lowest BCUT2D eigenvalue weighted by Crippen LogP contribution is -2.33. The Morgan fingerprint density at radius 2 is 1.82 bits per heavy atom. The topological polar surface area (TPSA) is 187 Å². The molecule has 12 heteroatoms. The third-order valence-electron chi connectivity index (χ3n) is 5.73. The fourth-order valence-electron chi connectivity index (χ4n) is 3.73. The summed E-state index contributed by atoms with van der Waals surface area (Å²) in [6.45, 7) is 5.07. The monoisotopic (exact) mass is 561 g/mol. The fourth-order valence-corrected chi connectivity index (χ4v) is 4.78. The van der Waals surface area contributed by atoms with E-state index in [1.54, 1.807) is 6.92 Å². The molecule has 0 aliphatic carbocycles. The molecule has 2 aromatic rings. The number of carboxylic acid groups (broad SMARTS) is 2. The number of ether oxygens (including phenoxy) is 2. The standard InChI is InChI=1S/C21H25NO4S.C6H14N4O2/c1-2-25-19(21(23)24)15-16-7-9-17(10-8-16)26-13-11-22-12-14-27-20-6-4-3-5-18(20)22;7-4(5(11)12)2-1-3-10-6(8)9/h3-10,19H,2,11-15H2,1H3,(H,23,24);4H,1-3,7H2,(H,11,12)(H4,8,9,10)/t19-;4-/m00/s1. The molecule has 0 unspecified atom stereocenters. The zero-order chi connectivity index (χ0) is 28.6. The Balaban J connectivity index is 0.000000377. The van der Waals surface area contributed by atoms with E-state index in [0.717, 1.165) is 30.2 Å². The van der Waals surface area contributed by atoms with Crippen molar-refractivity contribution in [3.8, 4) is 5.75 Å². The SMILES string of the molecule is CCO[C@@H](Cc1ccc(OCCN2CCSc3ccccc32)cc1)C(=O)O.NC(N)=NCCC[C@H](N)C(=O)O. The number of carbonyl (C=O) groups is 2. The normalized spacial score (nSPS) is 13.7. The maximum Gasteiger partial charge on any atom is 0.333 e. The zero-order valence-electron chi connectivity index (χ0n) is 22.2. The number of anilines is 1. The Morgan fingerprint density at radius 1 is 1.10 bits per heavy atom. The van der Waals surface area contributed by atoms with Crippen molar-refractivity contribution in [3.63, 3.8) is 0 Å². The quantitative estimate of drug-likeness (QED) is 0.129. The van der Waals surface area contributed by atoms with Crippen molar-refractivity contribution < 1.29 is 29.3 Å². The van der Waals surface area contributed by atoms with Gasteiger partial charge in [-0.05, 0) is 49.6 Å². The van der Waals surface area contributed by atoms with Gasteiger partial charge < -0.3 is 41.8 Å². The Labute approximate surface area is 233 Å². The van der Waals surface area contributed by atoms with Crippen LogP contribution in [-0.2, 0) is 20.7 Å². The molecule has 0 fully saturated rings. The lowest BCUT2D eigenvalue weighted by molar-refractivity contribution is -0.150. The van der Waals surface area contributed by atoms with E-state index >= 15 is 0 Å². The van der Waals surface area contributed by atoms with Crippen molar-refractivity contribution in [2.75, 3.05) is 43.5 Å². The maximum absolute atomic E-state index is 11.2. The number of carboxylic acids is 2. The molecule has 0 saturated heterocycles. The second kappa shape index (κ2) is 17.2. The molecule has 1 aliphatic rings. The largest absolute Gasteiger partial charge is 0.492 e. The minimum Gasteiger partial charge on any atom is -0.492 e. The highest BCUT2D eigenvalue weighted by molar-refractivity contribution is 7.99. The summed E-state index contributed by atoms with van der Waals surface area (Å²) in [4.78, 5) is 28.8. The predicted molar refractivity (Wildman–Crippen MR) is 154 cm³/mol. The van der Waals surface area contributed by atoms with Gasteiger partial charge in [0.1, 0.15) is 18.4 Å². The number of nitrogens with two attached hydrogens (primary N) is 3. The van der Waals surface area contributed by atoms with Gasteiger partial charge in [0.05, 0.1) is 12.2 Å². The molecule has 11 nitrogen and oxygen atoms in total. The van der Waals surface area contributed by atoms with Crippen molar-refractivity contribution in [2.45, 2.75) is 43.2 Å². The van der Waals surface area contributed by atoms with Crippen LogP contribution in [0.15, 0.2) is 58.4 Å². The fraction of sp³-hybridized carbons (Fsp3) is 0.444. The molecular formula is C27H39N5O6S. The van der Waals surface area contributed by atoms with Crippen LogP contribution in [0.25, 0.3) is 0 Å².